The number of nitrogens with one attached hydrogen (secondary N) is 1. The Balaban J connectivity index is 1.54. The van der Waals surface area contributed by atoms with Crippen LogP contribution >= 0.6 is 0 Å². The number of aromatic nitrogens is 1. The van der Waals surface area contributed by atoms with Gasteiger partial charge in [0.05, 0.1) is 18.2 Å². The smallest absolute Gasteiger partial charge is 0.253 e. The van der Waals surface area contributed by atoms with Gasteiger partial charge in [-0.05, 0) is 42.0 Å². The van der Waals surface area contributed by atoms with Gasteiger partial charge in [0, 0.05) is 50.6 Å². The summed E-state index contributed by atoms with van der Waals surface area (Å²) in [6.07, 6.45) is 1.80. The van der Waals surface area contributed by atoms with Crippen molar-refractivity contribution in [1.29, 1.82) is 5.26 Å². The maximum atomic E-state index is 12.4. The molecule has 35 heavy (non-hydrogen) atoms. The number of nitrogens with zero attached hydrogens (tertiary/aromatic N) is 3. The van der Waals surface area contributed by atoms with E-state index in [1.807, 2.05) is 30.3 Å². The molecule has 2 aromatic heterocycles. The summed E-state index contributed by atoms with van der Waals surface area (Å²) in [4.78, 5) is 18.3. The van der Waals surface area contributed by atoms with Crippen molar-refractivity contribution in [2.45, 2.75) is 6.10 Å². The molecule has 0 radical (unpaired) electrons. The van der Waals surface area contributed by atoms with Crippen molar-refractivity contribution in [3.8, 4) is 40.0 Å². The lowest BCUT2D eigenvalue weighted by molar-refractivity contribution is 0.0827. The lowest BCUT2D eigenvalue weighted by Crippen LogP contribution is -2.50. The van der Waals surface area contributed by atoms with Crippen LogP contribution in [-0.2, 0) is 0 Å². The van der Waals surface area contributed by atoms with Gasteiger partial charge < -0.3 is 24.1 Å². The van der Waals surface area contributed by atoms with E-state index >= 15 is 0 Å². The highest BCUT2D eigenvalue weighted by Gasteiger charge is 2.21. The number of pyridine rings is 1. The van der Waals surface area contributed by atoms with Crippen LogP contribution in [0.2, 0.25) is 0 Å². The highest BCUT2D eigenvalue weighted by Crippen LogP contribution is 2.38. The van der Waals surface area contributed by atoms with Crippen molar-refractivity contribution in [1.82, 2.24) is 15.2 Å². The molecule has 3 heterocycles. The molecular weight excluding hydrogens is 444 g/mol. The van der Waals surface area contributed by atoms with Crippen LogP contribution in [0.3, 0.4) is 0 Å². The average molecular weight is 469 g/mol. The molecule has 1 saturated heterocycles. The van der Waals surface area contributed by atoms with Crippen LogP contribution in [-0.4, -0.2) is 56.2 Å². The van der Waals surface area contributed by atoms with Gasteiger partial charge in [-0.2, -0.15) is 5.26 Å². The Bertz CT molecular complexity index is 1460. The van der Waals surface area contributed by atoms with Crippen molar-refractivity contribution >= 4 is 17.0 Å². The minimum Gasteiger partial charge on any atom is -0.496 e. The first-order valence-electron chi connectivity index (χ1n) is 11.2. The number of rotatable bonds is 6. The van der Waals surface area contributed by atoms with E-state index in [2.05, 4.69) is 16.4 Å². The summed E-state index contributed by atoms with van der Waals surface area (Å²) in [6, 6.07) is 16.7. The van der Waals surface area contributed by atoms with Crippen LogP contribution in [0.15, 0.2) is 59.1 Å². The molecule has 8 heteroatoms. The summed E-state index contributed by atoms with van der Waals surface area (Å²) in [6.45, 7) is 1.56. The first-order valence-corrected chi connectivity index (χ1v) is 11.2. The van der Waals surface area contributed by atoms with E-state index in [9.17, 15) is 10.1 Å². The van der Waals surface area contributed by atoms with Gasteiger partial charge in [0.1, 0.15) is 34.9 Å². The number of furan rings is 1. The highest BCUT2D eigenvalue weighted by molar-refractivity contribution is 5.96. The average Bonchev–Trinajstić information content (AvgIpc) is 3.29. The van der Waals surface area contributed by atoms with Gasteiger partial charge >= 0.3 is 0 Å². The Hall–Kier alpha value is -4.35. The molecule has 0 saturated carbocycles. The molecule has 1 N–H and O–H groups in total. The standard InChI is InChI=1S/C27H24N4O4/c1-31(2)27(32)17-4-6-21(24(11-17)33-3)25-12-22-26(35-25)20(8-9-30-22)16-5-7-23(18(10-16)13-28)34-19-14-29-15-19/h4-12,19,29H,14-15H2,1-3H3. The normalized spacial score (nSPS) is 13.2. The van der Waals surface area contributed by atoms with Crippen molar-refractivity contribution in [3.63, 3.8) is 0 Å². The number of carbonyl (C=O) groups excluding carboxylic acids is 1. The number of fused-ring (bicyclic) bond motifs is 1. The summed E-state index contributed by atoms with van der Waals surface area (Å²) < 4.78 is 17.7. The molecule has 2 aromatic carbocycles. The Labute approximate surface area is 202 Å². The largest absolute Gasteiger partial charge is 0.496 e. The minimum absolute atomic E-state index is 0.0857. The third-order valence-corrected chi connectivity index (χ3v) is 5.98. The Morgan fingerprint density at radius 1 is 1.11 bits per heavy atom. The fourth-order valence-corrected chi connectivity index (χ4v) is 4.00. The summed E-state index contributed by atoms with van der Waals surface area (Å²) >= 11 is 0. The van der Waals surface area contributed by atoms with Gasteiger partial charge in [-0.1, -0.05) is 6.07 Å². The first-order chi connectivity index (χ1) is 17.0. The van der Waals surface area contributed by atoms with E-state index in [4.69, 9.17) is 13.9 Å². The minimum atomic E-state index is -0.113. The van der Waals surface area contributed by atoms with Crippen molar-refractivity contribution in [2.75, 3.05) is 34.3 Å². The van der Waals surface area contributed by atoms with E-state index in [-0.39, 0.29) is 12.0 Å². The van der Waals surface area contributed by atoms with Gasteiger partial charge in [-0.15, -0.1) is 0 Å². The SMILES string of the molecule is COc1cc(C(=O)N(C)C)ccc1-c1cc2nccc(-c3ccc(OC4CNC4)c(C#N)c3)c2o1. The molecule has 0 spiro atoms. The van der Waals surface area contributed by atoms with Crippen LogP contribution in [0.1, 0.15) is 15.9 Å². The fourth-order valence-electron chi connectivity index (χ4n) is 4.00. The molecule has 8 nitrogen and oxygen atoms in total. The number of hydrogen-bond acceptors (Lipinski definition) is 7. The fraction of sp³-hybridized carbons (Fsp3) is 0.222. The predicted molar refractivity (Wildman–Crippen MR) is 131 cm³/mol. The van der Waals surface area contributed by atoms with Gasteiger partial charge in [0.15, 0.2) is 5.58 Å². The molecule has 4 aromatic rings. The molecule has 1 amide bonds. The van der Waals surface area contributed by atoms with Gasteiger partial charge in [-0.3, -0.25) is 9.78 Å². The molecule has 0 aliphatic carbocycles. The van der Waals surface area contributed by atoms with Crippen LogP contribution in [0, 0.1) is 11.3 Å². The summed E-state index contributed by atoms with van der Waals surface area (Å²) in [5, 5.41) is 12.8. The predicted octanol–water partition coefficient (Wildman–Crippen LogP) is 4.09. The second kappa shape index (κ2) is 9.12. The quantitative estimate of drug-likeness (QED) is 0.455. The molecule has 0 atom stereocenters. The second-order valence-electron chi connectivity index (χ2n) is 8.52. The third kappa shape index (κ3) is 4.18. The van der Waals surface area contributed by atoms with Crippen molar-refractivity contribution < 1.29 is 18.7 Å². The molecule has 0 unspecified atom stereocenters. The monoisotopic (exact) mass is 468 g/mol. The van der Waals surface area contributed by atoms with E-state index in [1.54, 1.807) is 45.6 Å². The van der Waals surface area contributed by atoms with Crippen LogP contribution < -0.4 is 14.8 Å². The van der Waals surface area contributed by atoms with Gasteiger partial charge in [0.2, 0.25) is 0 Å². The Kier molecular flexibility index (Phi) is 5.85. The molecule has 1 fully saturated rings. The van der Waals surface area contributed by atoms with E-state index in [0.717, 1.165) is 24.2 Å². The number of benzene rings is 2. The number of amides is 1. The number of nitriles is 1. The first kappa shape index (κ1) is 22.4. The Morgan fingerprint density at radius 2 is 1.94 bits per heavy atom. The zero-order chi connectivity index (χ0) is 24.5. The summed E-state index contributed by atoms with van der Waals surface area (Å²) in [5.41, 5.74) is 4.61. The Morgan fingerprint density at radius 3 is 2.63 bits per heavy atom. The molecular formula is C27H24N4O4. The van der Waals surface area contributed by atoms with Crippen LogP contribution in [0.4, 0.5) is 0 Å². The van der Waals surface area contributed by atoms with Crippen molar-refractivity contribution in [2.24, 2.45) is 0 Å². The van der Waals surface area contributed by atoms with Crippen molar-refractivity contribution in [3.05, 3.63) is 65.9 Å². The highest BCUT2D eigenvalue weighted by atomic mass is 16.5. The lowest BCUT2D eigenvalue weighted by Gasteiger charge is -2.28. The zero-order valence-electron chi connectivity index (χ0n) is 19.7. The number of carbonyl (C=O) groups is 1. The molecule has 1 aliphatic rings. The summed E-state index contributed by atoms with van der Waals surface area (Å²) in [7, 11) is 4.97. The third-order valence-electron chi connectivity index (χ3n) is 5.98. The summed E-state index contributed by atoms with van der Waals surface area (Å²) in [5.74, 6) is 1.55. The molecule has 0 bridgehead atoms. The lowest BCUT2D eigenvalue weighted by atomic mass is 10.0. The van der Waals surface area contributed by atoms with E-state index in [1.165, 1.54) is 4.90 Å². The molecule has 1 aliphatic heterocycles. The van der Waals surface area contributed by atoms with Crippen LogP contribution in [0.25, 0.3) is 33.6 Å². The van der Waals surface area contributed by atoms with E-state index < -0.39 is 0 Å². The molecule has 5 rings (SSSR count). The van der Waals surface area contributed by atoms with E-state index in [0.29, 0.717) is 45.0 Å². The number of ether oxygens (including phenoxy) is 2. The van der Waals surface area contributed by atoms with Crippen LogP contribution in [0.5, 0.6) is 11.5 Å². The number of hydrogen-bond donors (Lipinski definition) is 1. The van der Waals surface area contributed by atoms with Gasteiger partial charge in [-0.25, -0.2) is 0 Å². The second-order valence-corrected chi connectivity index (χ2v) is 8.52. The number of methoxy groups -OCH3 is 1. The topological polar surface area (TPSA) is 101 Å². The maximum Gasteiger partial charge on any atom is 0.253 e. The zero-order valence-corrected chi connectivity index (χ0v) is 19.7. The van der Waals surface area contributed by atoms with Gasteiger partial charge in [0.25, 0.3) is 5.91 Å². The molecule has 176 valence electrons. The maximum absolute atomic E-state index is 12.4.